The molecule has 0 fully saturated rings. The third-order valence-corrected chi connectivity index (χ3v) is 4.44. The van der Waals surface area contributed by atoms with Crippen LogP contribution in [0.25, 0.3) is 10.4 Å². The number of hydrogen-bond donors (Lipinski definition) is 3. The topological polar surface area (TPSA) is 143 Å². The van der Waals surface area contributed by atoms with E-state index in [1.165, 1.54) is 7.11 Å². The summed E-state index contributed by atoms with van der Waals surface area (Å²) in [5.41, 5.74) is 9.42. The monoisotopic (exact) mass is 440 g/mol. The van der Waals surface area contributed by atoms with Gasteiger partial charge >= 0.3 is 5.97 Å². The van der Waals surface area contributed by atoms with Crippen molar-refractivity contribution in [2.45, 2.75) is 32.4 Å². The highest BCUT2D eigenvalue weighted by Gasteiger charge is 2.27. The molecule has 1 aromatic rings. The number of rotatable bonds is 13. The highest BCUT2D eigenvalue weighted by Crippen LogP contribution is 2.16. The maximum atomic E-state index is 12.4. The summed E-state index contributed by atoms with van der Waals surface area (Å²) in [5.74, 6) is -1.00. The normalized spacial score (nSPS) is 13.7. The predicted molar refractivity (Wildman–Crippen MR) is 113 cm³/mol. The number of amides is 1. The minimum absolute atomic E-state index is 0.0909. The molecule has 2 N–H and O–H groups in total. The van der Waals surface area contributed by atoms with Crippen LogP contribution < -0.4 is 10.1 Å². The molecule has 1 aromatic carbocycles. The molecule has 0 saturated heterocycles. The van der Waals surface area contributed by atoms with E-state index in [1.54, 1.807) is 38.1 Å². The Bertz CT molecular complexity index is 724. The minimum atomic E-state index is -0.935. The first-order valence-electron chi connectivity index (χ1n) is 9.37. The molecule has 0 saturated carbocycles. The van der Waals surface area contributed by atoms with Gasteiger partial charge in [-0.1, -0.05) is 31.1 Å². The molecule has 3 atom stereocenters. The number of carbonyl (C=O) groups is 2. The number of nitrogens with zero attached hydrogens (tertiary/aromatic N) is 3. The number of hydrogen-bond acceptors (Lipinski definition) is 8. The van der Waals surface area contributed by atoms with Gasteiger partial charge in [-0.15, -0.1) is 0 Å². The van der Waals surface area contributed by atoms with Crippen LogP contribution in [0.15, 0.2) is 29.4 Å². The molecule has 30 heavy (non-hydrogen) atoms. The van der Waals surface area contributed by atoms with Gasteiger partial charge in [-0.05, 0) is 42.1 Å². The predicted octanol–water partition coefficient (Wildman–Crippen LogP) is 2.07. The fraction of sp³-hybridized carbons (Fsp3) is 0.579. The number of benzene rings is 1. The number of aliphatic hydroxyl groups is 1. The molecule has 0 bridgehead atoms. The smallest absolute Gasteiger partial charge is 0.328 e. The minimum Gasteiger partial charge on any atom is -0.493 e. The number of esters is 1. The average Bonchev–Trinajstić information content (AvgIpc) is 2.74. The second-order valence-corrected chi connectivity index (χ2v) is 7.24. The van der Waals surface area contributed by atoms with E-state index in [9.17, 15) is 14.7 Å². The van der Waals surface area contributed by atoms with Gasteiger partial charge in [0, 0.05) is 17.3 Å². The Morgan fingerprint density at radius 3 is 2.43 bits per heavy atom. The van der Waals surface area contributed by atoms with Crippen LogP contribution in [-0.2, 0) is 24.9 Å². The van der Waals surface area contributed by atoms with E-state index in [0.29, 0.717) is 5.75 Å². The maximum Gasteiger partial charge on any atom is 0.328 e. The lowest BCUT2D eigenvalue weighted by atomic mass is 10.0. The zero-order chi connectivity index (χ0) is 22.5. The van der Waals surface area contributed by atoms with Crippen molar-refractivity contribution in [3.05, 3.63) is 40.3 Å². The van der Waals surface area contributed by atoms with Gasteiger partial charge in [0.25, 0.3) is 0 Å². The van der Waals surface area contributed by atoms with Crippen LogP contribution >= 0.6 is 12.9 Å². The van der Waals surface area contributed by atoms with Gasteiger partial charge in [0.1, 0.15) is 17.8 Å². The Hall–Kier alpha value is -2.46. The van der Waals surface area contributed by atoms with E-state index in [2.05, 4.69) is 28.3 Å². The summed E-state index contributed by atoms with van der Waals surface area (Å²) in [6.07, 6.45) is 0.187. The van der Waals surface area contributed by atoms with Crippen LogP contribution in [0.2, 0.25) is 0 Å². The van der Waals surface area contributed by atoms with Crippen molar-refractivity contribution < 1.29 is 28.4 Å². The first-order valence-corrected chi connectivity index (χ1v) is 9.74. The molecule has 11 heteroatoms. The van der Waals surface area contributed by atoms with Crippen LogP contribution in [0, 0.1) is 11.8 Å². The SMILES string of the molecule is COC(=O)C(Cc1ccc(OCC(CO)COS)cc1)NC(=O)[C@@H](N=[N+]=[N-])C(C)C. The molecule has 2 unspecified atom stereocenters. The quantitative estimate of drug-likeness (QED) is 0.107. The molecule has 0 aromatic heterocycles. The Balaban J connectivity index is 2.80. The molecule has 0 radical (unpaired) electrons. The molecule has 166 valence electrons. The van der Waals surface area contributed by atoms with Crippen LogP contribution in [0.5, 0.6) is 5.75 Å². The van der Waals surface area contributed by atoms with Crippen LogP contribution in [0.4, 0.5) is 0 Å². The van der Waals surface area contributed by atoms with Crippen molar-refractivity contribution >= 4 is 24.8 Å². The Morgan fingerprint density at radius 2 is 1.93 bits per heavy atom. The Morgan fingerprint density at radius 1 is 1.27 bits per heavy atom. The van der Waals surface area contributed by atoms with E-state index in [0.717, 1.165) is 5.56 Å². The molecule has 1 amide bonds. The molecule has 10 nitrogen and oxygen atoms in total. The Labute approximate surface area is 181 Å². The highest BCUT2D eigenvalue weighted by molar-refractivity contribution is 7.75. The van der Waals surface area contributed by atoms with E-state index >= 15 is 0 Å². The second-order valence-electron chi connectivity index (χ2n) is 6.98. The molecule has 1 rings (SSSR count). The standard InChI is InChI=1S/C19H28N4O6S/c1-12(2)17(22-23-20)18(25)21-16(19(26)27-3)8-13-4-6-15(7-5-13)28-10-14(9-24)11-29-30/h4-7,12,14,16-17,24,30H,8-11H2,1-3H3,(H,21,25)/t14?,16?,17-/m0/s1. The van der Waals surface area contributed by atoms with E-state index in [-0.39, 0.29) is 38.1 Å². The van der Waals surface area contributed by atoms with Gasteiger partial charge in [-0.3, -0.25) is 4.79 Å². The summed E-state index contributed by atoms with van der Waals surface area (Å²) in [7, 11) is 1.23. The lowest BCUT2D eigenvalue weighted by Gasteiger charge is -2.21. The van der Waals surface area contributed by atoms with Crippen molar-refractivity contribution in [2.24, 2.45) is 17.0 Å². The Kier molecular flexibility index (Phi) is 11.7. The lowest BCUT2D eigenvalue weighted by Crippen LogP contribution is -2.47. The van der Waals surface area contributed by atoms with Crippen LogP contribution in [0.3, 0.4) is 0 Å². The largest absolute Gasteiger partial charge is 0.493 e. The fourth-order valence-corrected chi connectivity index (χ4v) is 2.78. The highest BCUT2D eigenvalue weighted by atomic mass is 32.1. The van der Waals surface area contributed by atoms with Crippen molar-refractivity contribution in [2.75, 3.05) is 26.9 Å². The number of thiol groups is 1. The zero-order valence-corrected chi connectivity index (χ0v) is 18.1. The summed E-state index contributed by atoms with van der Waals surface area (Å²) < 4.78 is 15.1. The third-order valence-electron chi connectivity index (χ3n) is 4.30. The van der Waals surface area contributed by atoms with E-state index in [4.69, 9.17) is 19.2 Å². The fourth-order valence-electron chi connectivity index (χ4n) is 2.57. The van der Waals surface area contributed by atoms with Gasteiger partial charge in [-0.2, -0.15) is 0 Å². The van der Waals surface area contributed by atoms with Crippen molar-refractivity contribution in [1.29, 1.82) is 0 Å². The number of nitrogens with one attached hydrogen (secondary N) is 1. The van der Waals surface area contributed by atoms with Crippen LogP contribution in [-0.4, -0.2) is 56.0 Å². The second kappa shape index (κ2) is 13.7. The number of ether oxygens (including phenoxy) is 2. The van der Waals surface area contributed by atoms with Gasteiger partial charge in [0.05, 0.1) is 26.9 Å². The molecular formula is C19H28N4O6S. The molecule has 0 aliphatic carbocycles. The van der Waals surface area contributed by atoms with E-state index in [1.807, 2.05) is 0 Å². The molecular weight excluding hydrogens is 412 g/mol. The summed E-state index contributed by atoms with van der Waals surface area (Å²) in [5, 5.41) is 15.3. The van der Waals surface area contributed by atoms with Gasteiger partial charge in [-0.25, -0.2) is 4.79 Å². The van der Waals surface area contributed by atoms with E-state index < -0.39 is 24.0 Å². The lowest BCUT2D eigenvalue weighted by molar-refractivity contribution is -0.145. The van der Waals surface area contributed by atoms with Crippen LogP contribution in [0.1, 0.15) is 19.4 Å². The zero-order valence-electron chi connectivity index (χ0n) is 17.2. The number of azide groups is 1. The first kappa shape index (κ1) is 25.6. The average molecular weight is 441 g/mol. The van der Waals surface area contributed by atoms with Crippen molar-refractivity contribution in [3.63, 3.8) is 0 Å². The summed E-state index contributed by atoms with van der Waals surface area (Å²) >= 11 is 3.66. The number of carbonyl (C=O) groups excluding carboxylic acids is 2. The third kappa shape index (κ3) is 8.50. The summed E-state index contributed by atoms with van der Waals surface area (Å²) in [6.45, 7) is 3.91. The summed E-state index contributed by atoms with van der Waals surface area (Å²) in [4.78, 5) is 27.3. The molecule has 0 spiro atoms. The van der Waals surface area contributed by atoms with Crippen molar-refractivity contribution in [3.8, 4) is 5.75 Å². The van der Waals surface area contributed by atoms with Gasteiger partial charge in [0.2, 0.25) is 5.91 Å². The first-order chi connectivity index (χ1) is 14.4. The molecule has 0 aliphatic heterocycles. The maximum absolute atomic E-state index is 12.4. The van der Waals surface area contributed by atoms with Gasteiger partial charge in [0.15, 0.2) is 0 Å². The molecule has 0 aliphatic rings. The summed E-state index contributed by atoms with van der Waals surface area (Å²) in [6, 6.07) is 5.09. The number of aliphatic hydroxyl groups excluding tert-OH is 1. The van der Waals surface area contributed by atoms with Crippen molar-refractivity contribution in [1.82, 2.24) is 5.32 Å². The molecule has 0 heterocycles. The number of methoxy groups -OCH3 is 1. The van der Waals surface area contributed by atoms with Gasteiger partial charge < -0.3 is 24.1 Å².